The summed E-state index contributed by atoms with van der Waals surface area (Å²) in [5, 5.41) is 16.8. The summed E-state index contributed by atoms with van der Waals surface area (Å²) in [6.45, 7) is 14.5. The van der Waals surface area contributed by atoms with Gasteiger partial charge in [-0.3, -0.25) is 5.32 Å². The minimum absolute atomic E-state index is 0.0123. The Hall–Kier alpha value is -5.40. The lowest BCUT2D eigenvalue weighted by atomic mass is 10.2. The van der Waals surface area contributed by atoms with Crippen molar-refractivity contribution in [2.75, 3.05) is 23.8 Å². The Balaban J connectivity index is 1.69. The molecule has 4 aromatic rings. The molecule has 1 aromatic heterocycles. The van der Waals surface area contributed by atoms with Gasteiger partial charge in [-0.15, -0.1) is 6.58 Å². The van der Waals surface area contributed by atoms with Gasteiger partial charge < -0.3 is 19.2 Å². The third-order valence-corrected chi connectivity index (χ3v) is 11.8. The average molecular weight is 620 g/mol. The molecule has 0 fully saturated rings. The summed E-state index contributed by atoms with van der Waals surface area (Å²) in [5.74, 6) is 1.13. The highest BCUT2D eigenvalue weighted by Crippen LogP contribution is 2.39. The Kier molecular flexibility index (Phi) is 10.7. The molecule has 4 rings (SSSR count). The number of hydrogen-bond donors (Lipinski definition) is 2. The zero-order chi connectivity index (χ0) is 32.3. The van der Waals surface area contributed by atoms with Crippen molar-refractivity contribution in [2.45, 2.75) is 32.2 Å². The van der Waals surface area contributed by atoms with Crippen molar-refractivity contribution >= 4 is 36.2 Å². The van der Waals surface area contributed by atoms with Crippen molar-refractivity contribution in [1.29, 1.82) is 5.26 Å². The van der Waals surface area contributed by atoms with E-state index in [-0.39, 0.29) is 35.6 Å². The van der Waals surface area contributed by atoms with E-state index >= 15 is 0 Å². The van der Waals surface area contributed by atoms with E-state index in [0.29, 0.717) is 23.6 Å². The summed E-state index contributed by atoms with van der Waals surface area (Å²) in [7, 11) is -2.94. The third kappa shape index (κ3) is 7.76. The normalized spacial score (nSPS) is 11.1. The Morgan fingerprint density at radius 1 is 0.956 bits per heavy atom. The van der Waals surface area contributed by atoms with Gasteiger partial charge >= 0.3 is 14.3 Å². The van der Waals surface area contributed by atoms with E-state index in [4.69, 9.17) is 13.9 Å². The second kappa shape index (κ2) is 14.9. The van der Waals surface area contributed by atoms with Crippen LogP contribution in [0.15, 0.2) is 110 Å². The first-order chi connectivity index (χ1) is 21.7. The molecular weight excluding hydrogens is 583 g/mol. The van der Waals surface area contributed by atoms with Crippen LogP contribution >= 0.6 is 0 Å². The molecule has 0 saturated heterocycles. The van der Waals surface area contributed by atoms with Crippen LogP contribution in [0.3, 0.4) is 0 Å². The molecule has 3 aromatic carbocycles. The molecular formula is C35H37N5O4Si. The fraction of sp³-hybridized carbons (Fsp3) is 0.200. The van der Waals surface area contributed by atoms with E-state index in [1.165, 1.54) is 6.20 Å². The fourth-order valence-electron chi connectivity index (χ4n) is 4.89. The summed E-state index contributed by atoms with van der Waals surface area (Å²) in [6, 6.07) is 27.3. The number of carbonyl (C=O) groups is 1. The summed E-state index contributed by atoms with van der Waals surface area (Å²) in [5.41, 5.74) is 0.396. The average Bonchev–Trinajstić information content (AvgIpc) is 3.03. The molecule has 45 heavy (non-hydrogen) atoms. The van der Waals surface area contributed by atoms with E-state index in [9.17, 15) is 10.1 Å². The number of urea groups is 1. The Bertz CT molecular complexity index is 1630. The first-order valence-electron chi connectivity index (χ1n) is 14.5. The van der Waals surface area contributed by atoms with E-state index in [1.54, 1.807) is 24.3 Å². The number of anilines is 2. The summed E-state index contributed by atoms with van der Waals surface area (Å²) in [4.78, 5) is 21.5. The molecule has 0 radical (unpaired) electrons. The zero-order valence-electron chi connectivity index (χ0n) is 25.7. The number of nitrogens with one attached hydrogen (secondary N) is 2. The minimum Gasteiger partial charge on any atom is -0.534 e. The molecule has 1 heterocycles. The van der Waals surface area contributed by atoms with Crippen LogP contribution < -0.4 is 34.9 Å². The molecule has 0 spiro atoms. The molecule has 0 saturated carbocycles. The van der Waals surface area contributed by atoms with Crippen LogP contribution in [0.2, 0.25) is 5.04 Å². The molecule has 230 valence electrons. The van der Waals surface area contributed by atoms with Gasteiger partial charge in [0.15, 0.2) is 5.82 Å². The van der Waals surface area contributed by atoms with Crippen LogP contribution in [0.4, 0.5) is 16.3 Å². The zero-order valence-corrected chi connectivity index (χ0v) is 26.7. The molecule has 0 bridgehead atoms. The molecule has 10 heteroatoms. The van der Waals surface area contributed by atoms with E-state index in [0.717, 1.165) is 10.4 Å². The number of rotatable bonds is 13. The quantitative estimate of drug-likeness (QED) is 0.100. The highest BCUT2D eigenvalue weighted by molar-refractivity contribution is 7.00. The Labute approximate surface area is 265 Å². The van der Waals surface area contributed by atoms with Crippen LogP contribution in [0, 0.1) is 11.3 Å². The van der Waals surface area contributed by atoms with E-state index in [1.807, 2.05) is 48.5 Å². The van der Waals surface area contributed by atoms with Crippen molar-refractivity contribution in [1.82, 2.24) is 9.97 Å². The monoisotopic (exact) mass is 619 g/mol. The van der Waals surface area contributed by atoms with Gasteiger partial charge in [-0.2, -0.15) is 10.2 Å². The number of benzene rings is 3. The van der Waals surface area contributed by atoms with Crippen molar-refractivity contribution in [3.05, 3.63) is 116 Å². The van der Waals surface area contributed by atoms with Crippen LogP contribution in [-0.4, -0.2) is 37.5 Å². The maximum absolute atomic E-state index is 13.2. The molecule has 2 N–H and O–H groups in total. The molecule has 0 unspecified atom stereocenters. The first kappa shape index (κ1) is 32.5. The summed E-state index contributed by atoms with van der Waals surface area (Å²) < 4.78 is 18.6. The number of amides is 2. The molecule has 9 nitrogen and oxygen atoms in total. The molecule has 0 aliphatic heterocycles. The van der Waals surface area contributed by atoms with Gasteiger partial charge in [-0.1, -0.05) is 100 Å². The van der Waals surface area contributed by atoms with Crippen molar-refractivity contribution in [3.63, 3.8) is 0 Å². The Morgan fingerprint density at radius 2 is 1.62 bits per heavy atom. The van der Waals surface area contributed by atoms with E-state index in [2.05, 4.69) is 78.8 Å². The second-order valence-electron chi connectivity index (χ2n) is 11.0. The number of nitrogens with zero attached hydrogens (tertiary/aromatic N) is 3. The van der Waals surface area contributed by atoms with Crippen LogP contribution in [-0.2, 0) is 0 Å². The summed E-state index contributed by atoms with van der Waals surface area (Å²) >= 11 is 0. The largest absolute Gasteiger partial charge is 0.534 e. The maximum Gasteiger partial charge on any atom is 0.325 e. The van der Waals surface area contributed by atoms with Gasteiger partial charge in [0.2, 0.25) is 5.69 Å². The molecule has 0 aliphatic rings. The van der Waals surface area contributed by atoms with Crippen LogP contribution in [0.5, 0.6) is 17.4 Å². The second-order valence-corrected chi connectivity index (χ2v) is 15.3. The van der Waals surface area contributed by atoms with Crippen molar-refractivity contribution < 1.29 is 18.7 Å². The lowest BCUT2D eigenvalue weighted by Crippen LogP contribution is -2.68. The lowest BCUT2D eigenvalue weighted by molar-refractivity contribution is 0.261. The predicted octanol–water partition coefficient (Wildman–Crippen LogP) is 6.45. The standard InChI is InChI=1S/C35H37N5O4Si/c1-6-8-22-43-33-30(24-36)37-25-32(39-33)40-34(41)38-29-23-26(19-20-31(29)42-21-7-2)44-45(35(3,4)5,27-15-11-9-12-16-27)28-17-13-10-14-18-28/h6-7,9-20,23,25H,1-2,8,21-22H2,3-5H3,(H2,38,39,40,41). The third-order valence-electron chi connectivity index (χ3n) is 6.89. The van der Waals surface area contributed by atoms with Gasteiger partial charge in [-0.05, 0) is 34.0 Å². The first-order valence-corrected chi connectivity index (χ1v) is 16.4. The lowest BCUT2D eigenvalue weighted by Gasteiger charge is -2.43. The maximum atomic E-state index is 13.2. The molecule has 2 amide bonds. The molecule has 0 aliphatic carbocycles. The minimum atomic E-state index is -2.94. The topological polar surface area (TPSA) is 118 Å². The van der Waals surface area contributed by atoms with Gasteiger partial charge in [-0.25, -0.2) is 9.78 Å². The number of ether oxygens (including phenoxy) is 2. The number of carbonyl (C=O) groups excluding carboxylic acids is 1. The highest BCUT2D eigenvalue weighted by atomic mass is 28.4. The van der Waals surface area contributed by atoms with Crippen LogP contribution in [0.1, 0.15) is 32.9 Å². The number of aromatic nitrogens is 2. The van der Waals surface area contributed by atoms with Crippen LogP contribution in [0.25, 0.3) is 0 Å². The smallest absolute Gasteiger partial charge is 0.325 e. The Morgan fingerprint density at radius 3 is 2.20 bits per heavy atom. The van der Waals surface area contributed by atoms with Gasteiger partial charge in [0, 0.05) is 6.07 Å². The predicted molar refractivity (Wildman–Crippen MR) is 180 cm³/mol. The highest BCUT2D eigenvalue weighted by Gasteiger charge is 2.52. The summed E-state index contributed by atoms with van der Waals surface area (Å²) in [6.07, 6.45) is 5.16. The van der Waals surface area contributed by atoms with Gasteiger partial charge in [0.1, 0.15) is 24.2 Å². The van der Waals surface area contributed by atoms with Crippen molar-refractivity contribution in [3.8, 4) is 23.4 Å². The van der Waals surface area contributed by atoms with Crippen molar-refractivity contribution in [2.24, 2.45) is 0 Å². The number of hydrogen-bond acceptors (Lipinski definition) is 7. The SMILES string of the molecule is C=CCCOc1nc(NC(=O)Nc2cc(O[Si](c3ccccc3)(c3ccccc3)C(C)(C)C)ccc2OCC=C)cnc1C#N. The van der Waals surface area contributed by atoms with Gasteiger partial charge in [0.05, 0.1) is 18.5 Å². The number of nitriles is 1. The fourth-order valence-corrected chi connectivity index (χ4v) is 9.30. The van der Waals surface area contributed by atoms with Gasteiger partial charge in [0.25, 0.3) is 5.88 Å². The molecule has 0 atom stereocenters. The van der Waals surface area contributed by atoms with E-state index < -0.39 is 14.3 Å².